The molecule has 10 aromatic rings. The molecule has 0 N–H and O–H groups in total. The summed E-state index contributed by atoms with van der Waals surface area (Å²) in [5.74, 6) is 0. The van der Waals surface area contributed by atoms with E-state index >= 15 is 0 Å². The second-order valence-corrected chi connectivity index (χ2v) is 14.1. The Morgan fingerprint density at radius 2 is 0.931 bits per heavy atom. The molecule has 3 heterocycles. The van der Waals surface area contributed by atoms with Gasteiger partial charge in [-0.1, -0.05) is 84.9 Å². The van der Waals surface area contributed by atoms with Gasteiger partial charge in [-0.05, 0) is 95.1 Å². The Kier molecular flexibility index (Phi) is 7.96. The molecular weight excluding hydrogens is 728 g/mol. The van der Waals surface area contributed by atoms with Crippen molar-refractivity contribution in [3.63, 3.8) is 0 Å². The van der Waals surface area contributed by atoms with E-state index in [-0.39, 0.29) is 0 Å². The van der Waals surface area contributed by atoms with Crippen LogP contribution in [0, 0.1) is 22.7 Å². The summed E-state index contributed by atoms with van der Waals surface area (Å²) in [5.41, 5.74) is 9.09. The molecule has 0 aliphatic rings. The first kappa shape index (κ1) is 34.5. The summed E-state index contributed by atoms with van der Waals surface area (Å²) in [5, 5.41) is 23.4. The molecule has 0 aliphatic heterocycles. The molecule has 58 heavy (non-hydrogen) atoms. The Morgan fingerprint density at radius 1 is 0.448 bits per heavy atom. The molecule has 0 radical (unpaired) electrons. The van der Waals surface area contributed by atoms with Gasteiger partial charge in [0.2, 0.25) is 0 Å². The minimum Gasteiger partial charge on any atom is -0.309 e. The summed E-state index contributed by atoms with van der Waals surface area (Å²) in [6.45, 7) is 0. The summed E-state index contributed by atoms with van der Waals surface area (Å²) >= 11 is 0. The topological polar surface area (TPSA) is 70.3 Å². The smallest absolute Gasteiger partial charge is 0.309 e. The number of aromatic nitrogens is 3. The maximum absolute atomic E-state index is 14.7. The number of hydrogen-bond donors (Lipinski definition) is 0. The zero-order valence-electron chi connectivity index (χ0n) is 30.5. The van der Waals surface area contributed by atoms with Crippen molar-refractivity contribution in [2.24, 2.45) is 0 Å². The first-order chi connectivity index (χ1) is 28.3. The maximum Gasteiger partial charge on any atom is 0.416 e. The number of nitrogens with zero attached hydrogens (tertiary/aromatic N) is 5. The summed E-state index contributed by atoms with van der Waals surface area (Å²) in [4.78, 5) is 4.50. The van der Waals surface area contributed by atoms with Gasteiger partial charge in [0.15, 0.2) is 0 Å². The number of halogens is 3. The zero-order chi connectivity index (χ0) is 39.5. The predicted molar refractivity (Wildman–Crippen MR) is 224 cm³/mol. The number of alkyl halides is 3. The van der Waals surface area contributed by atoms with Gasteiger partial charge in [-0.2, -0.15) is 23.7 Å². The van der Waals surface area contributed by atoms with E-state index in [1.54, 1.807) is 30.6 Å². The van der Waals surface area contributed by atoms with Crippen LogP contribution < -0.4 is 0 Å². The molecule has 0 saturated carbocycles. The number of pyridine rings is 1. The van der Waals surface area contributed by atoms with Crippen LogP contribution in [-0.4, -0.2) is 14.1 Å². The van der Waals surface area contributed by atoms with Crippen LogP contribution in [0.15, 0.2) is 170 Å². The van der Waals surface area contributed by atoms with Crippen LogP contribution in [0.4, 0.5) is 13.2 Å². The van der Waals surface area contributed by atoms with Crippen molar-refractivity contribution in [3.8, 4) is 56.9 Å². The summed E-state index contributed by atoms with van der Waals surface area (Å²) < 4.78 is 48.1. The van der Waals surface area contributed by atoms with Gasteiger partial charge in [0.1, 0.15) is 0 Å². The highest BCUT2D eigenvalue weighted by atomic mass is 19.4. The van der Waals surface area contributed by atoms with E-state index < -0.39 is 11.7 Å². The molecule has 0 fully saturated rings. The quantitative estimate of drug-likeness (QED) is 0.176. The molecular formula is C50H28F3N5. The Morgan fingerprint density at radius 3 is 1.47 bits per heavy atom. The van der Waals surface area contributed by atoms with Crippen molar-refractivity contribution in [1.29, 1.82) is 10.5 Å². The van der Waals surface area contributed by atoms with Crippen molar-refractivity contribution in [1.82, 2.24) is 14.1 Å². The fourth-order valence-corrected chi connectivity index (χ4v) is 8.38. The van der Waals surface area contributed by atoms with E-state index in [0.29, 0.717) is 33.6 Å². The average Bonchev–Trinajstić information content (AvgIpc) is 3.78. The lowest BCUT2D eigenvalue weighted by Crippen LogP contribution is -2.08. The number of rotatable bonds is 5. The Balaban J connectivity index is 1.24. The number of benzene rings is 7. The third kappa shape index (κ3) is 5.43. The van der Waals surface area contributed by atoms with Gasteiger partial charge in [0.05, 0.1) is 62.3 Å². The highest BCUT2D eigenvalue weighted by Gasteiger charge is 2.32. The van der Waals surface area contributed by atoms with Crippen molar-refractivity contribution in [2.75, 3.05) is 0 Å². The van der Waals surface area contributed by atoms with Crippen LogP contribution in [0.5, 0.6) is 0 Å². The van der Waals surface area contributed by atoms with Gasteiger partial charge in [-0.25, -0.2) is 0 Å². The molecule has 0 saturated heterocycles. The second kappa shape index (κ2) is 13.4. The first-order valence-corrected chi connectivity index (χ1v) is 18.6. The molecule has 5 nitrogen and oxygen atoms in total. The third-order valence-electron chi connectivity index (χ3n) is 11.0. The lowest BCUT2D eigenvalue weighted by Gasteiger charge is -2.20. The lowest BCUT2D eigenvalue weighted by molar-refractivity contribution is -0.137. The molecule has 274 valence electrons. The van der Waals surface area contributed by atoms with Gasteiger partial charge in [0, 0.05) is 45.1 Å². The SMILES string of the molecule is N#Cc1ccccc1-c1ccc2c(c1)c1ccccc1n2-c1ccncc1-c1cc(C(F)(F)F)ccc1-n1c2ccccc2c2cc(-c3ccccc3C#N)ccc21. The molecule has 0 bridgehead atoms. The number of nitriles is 2. The van der Waals surface area contributed by atoms with Gasteiger partial charge < -0.3 is 9.13 Å². The van der Waals surface area contributed by atoms with Crippen molar-refractivity contribution >= 4 is 43.6 Å². The average molecular weight is 756 g/mol. The number of fused-ring (bicyclic) bond motifs is 6. The summed E-state index contributed by atoms with van der Waals surface area (Å²) in [7, 11) is 0. The fourth-order valence-electron chi connectivity index (χ4n) is 8.38. The van der Waals surface area contributed by atoms with Crippen molar-refractivity contribution in [3.05, 3.63) is 187 Å². The van der Waals surface area contributed by atoms with E-state index in [4.69, 9.17) is 0 Å². The highest BCUT2D eigenvalue weighted by molar-refractivity contribution is 6.13. The van der Waals surface area contributed by atoms with Crippen molar-refractivity contribution in [2.45, 2.75) is 6.18 Å². The zero-order valence-corrected chi connectivity index (χ0v) is 30.5. The molecule has 0 spiro atoms. The van der Waals surface area contributed by atoms with Gasteiger partial charge in [-0.15, -0.1) is 0 Å². The predicted octanol–water partition coefficient (Wildman–Crippen LogP) is 13.0. The van der Waals surface area contributed by atoms with Crippen LogP contribution >= 0.6 is 0 Å². The van der Waals surface area contributed by atoms with Gasteiger partial charge in [0.25, 0.3) is 0 Å². The van der Waals surface area contributed by atoms with E-state index in [1.807, 2.05) is 126 Å². The first-order valence-electron chi connectivity index (χ1n) is 18.6. The lowest BCUT2D eigenvalue weighted by atomic mass is 9.98. The van der Waals surface area contributed by atoms with Crippen LogP contribution in [-0.2, 0) is 6.18 Å². The molecule has 0 amide bonds. The van der Waals surface area contributed by atoms with E-state index in [0.717, 1.165) is 71.9 Å². The van der Waals surface area contributed by atoms with Crippen LogP contribution in [0.2, 0.25) is 0 Å². The Hall–Kier alpha value is -7.94. The second-order valence-electron chi connectivity index (χ2n) is 14.1. The molecule has 7 aromatic carbocycles. The minimum absolute atomic E-state index is 0.352. The van der Waals surface area contributed by atoms with Gasteiger partial charge in [-0.3, -0.25) is 4.98 Å². The highest BCUT2D eigenvalue weighted by Crippen LogP contribution is 2.44. The molecule has 3 aromatic heterocycles. The summed E-state index contributed by atoms with van der Waals surface area (Å²) in [6, 6.07) is 53.0. The minimum atomic E-state index is -4.61. The standard InChI is InChI=1S/C50H28F3N5/c51-50(52,53)35-19-22-48(57-44-15-7-5-13-38(44)40-25-31(17-20-46(40)57)36-11-3-1-9-33(36)28-54)42(27-35)43-30-56-24-23-49(43)58-45-16-8-6-14-39(45)41-26-32(18-21-47(41)58)37-12-4-2-10-34(37)29-55/h1-27,30H. The maximum atomic E-state index is 14.7. The molecule has 0 atom stereocenters. The molecule has 0 unspecified atom stereocenters. The van der Waals surface area contributed by atoms with E-state index in [9.17, 15) is 23.7 Å². The largest absolute Gasteiger partial charge is 0.416 e. The van der Waals surface area contributed by atoms with E-state index in [1.165, 1.54) is 6.07 Å². The number of para-hydroxylation sites is 2. The van der Waals surface area contributed by atoms with E-state index in [2.05, 4.69) is 27.8 Å². The fraction of sp³-hybridized carbons (Fsp3) is 0.0200. The normalized spacial score (nSPS) is 11.7. The third-order valence-corrected chi connectivity index (χ3v) is 11.0. The monoisotopic (exact) mass is 755 g/mol. The Bertz CT molecular complexity index is 3370. The molecule has 0 aliphatic carbocycles. The summed E-state index contributed by atoms with van der Waals surface area (Å²) in [6.07, 6.45) is -1.31. The number of hydrogen-bond acceptors (Lipinski definition) is 3. The molecule has 8 heteroatoms. The van der Waals surface area contributed by atoms with Crippen LogP contribution in [0.1, 0.15) is 16.7 Å². The molecule has 10 rings (SSSR count). The van der Waals surface area contributed by atoms with Crippen molar-refractivity contribution < 1.29 is 13.2 Å². The van der Waals surface area contributed by atoms with Crippen LogP contribution in [0.3, 0.4) is 0 Å². The van der Waals surface area contributed by atoms with Gasteiger partial charge >= 0.3 is 6.18 Å². The van der Waals surface area contributed by atoms with Crippen LogP contribution in [0.25, 0.3) is 88.4 Å². The Labute approximate surface area is 330 Å².